The van der Waals surface area contributed by atoms with Crippen LogP contribution in [0, 0.1) is 17.4 Å². The number of carbonyl (C=O) groups is 2. The Labute approximate surface area is 169 Å². The van der Waals surface area contributed by atoms with Crippen LogP contribution < -0.4 is 0 Å². The van der Waals surface area contributed by atoms with Crippen LogP contribution in [0.15, 0.2) is 30.3 Å². The summed E-state index contributed by atoms with van der Waals surface area (Å²) < 4.78 is 5.12. The first kappa shape index (κ1) is 22.2. The summed E-state index contributed by atoms with van der Waals surface area (Å²) >= 11 is 0. The zero-order valence-corrected chi connectivity index (χ0v) is 18.7. The summed E-state index contributed by atoms with van der Waals surface area (Å²) in [5.74, 6) is 1.63. The highest BCUT2D eigenvalue weighted by molar-refractivity contribution is 6.87. The number of carbonyl (C=O) groups excluding carboxylic acids is 2. The molecule has 0 radical (unpaired) electrons. The number of nitrogens with zero attached hydrogens (tertiary/aromatic N) is 1. The first-order chi connectivity index (χ1) is 12.9. The number of benzene rings is 1. The number of amides is 2. The number of ether oxygens (including phenoxy) is 1. The molecule has 0 spiro atoms. The number of hydrogen-bond donors (Lipinski definition) is 1. The molecule has 6 heteroatoms. The molecule has 1 aromatic rings. The van der Waals surface area contributed by atoms with Crippen molar-refractivity contribution in [3.8, 4) is 11.5 Å². The van der Waals surface area contributed by atoms with Crippen molar-refractivity contribution < 1.29 is 19.4 Å². The summed E-state index contributed by atoms with van der Waals surface area (Å²) in [4.78, 5) is 26.2. The molecule has 28 heavy (non-hydrogen) atoms. The molecule has 1 aliphatic rings. The van der Waals surface area contributed by atoms with Gasteiger partial charge in [0.05, 0.1) is 12.0 Å². The fourth-order valence-corrected chi connectivity index (χ4v) is 3.57. The lowest BCUT2D eigenvalue weighted by molar-refractivity contribution is -0.135. The van der Waals surface area contributed by atoms with Crippen LogP contribution in [-0.2, 0) is 16.0 Å². The third-order valence-electron chi connectivity index (χ3n) is 5.78. The molecular weight excluding hydrogens is 370 g/mol. The Morgan fingerprint density at radius 2 is 1.93 bits per heavy atom. The van der Waals surface area contributed by atoms with Gasteiger partial charge in [-0.2, -0.15) is 0 Å². The molecule has 2 amide bonds. The van der Waals surface area contributed by atoms with Crippen molar-refractivity contribution in [1.29, 1.82) is 0 Å². The maximum absolute atomic E-state index is 12.9. The summed E-state index contributed by atoms with van der Waals surface area (Å²) in [6.45, 7) is 12.5. The van der Waals surface area contributed by atoms with Gasteiger partial charge in [0.2, 0.25) is 5.91 Å². The SMILES string of the molecule is C[C@@H](C(=O)N1C(=O)OC[C@H]1Cc1ccccc1)[C@@H](O)C#C[Si](C)(C)C(C)(C)C. The van der Waals surface area contributed by atoms with Gasteiger partial charge in [-0.15, -0.1) is 5.54 Å². The average molecular weight is 402 g/mol. The van der Waals surface area contributed by atoms with Crippen molar-refractivity contribution in [1.82, 2.24) is 4.90 Å². The molecule has 152 valence electrons. The predicted molar refractivity (Wildman–Crippen MR) is 112 cm³/mol. The monoisotopic (exact) mass is 401 g/mol. The summed E-state index contributed by atoms with van der Waals surface area (Å²) in [6, 6.07) is 9.29. The zero-order chi connectivity index (χ0) is 21.1. The average Bonchev–Trinajstić information content (AvgIpc) is 2.98. The number of cyclic esters (lactones) is 1. The van der Waals surface area contributed by atoms with Crippen molar-refractivity contribution in [3.05, 3.63) is 35.9 Å². The number of imide groups is 1. The van der Waals surface area contributed by atoms with E-state index in [1.54, 1.807) is 6.92 Å². The summed E-state index contributed by atoms with van der Waals surface area (Å²) in [5.41, 5.74) is 4.26. The Balaban J connectivity index is 2.13. The van der Waals surface area contributed by atoms with Crippen LogP contribution in [0.25, 0.3) is 0 Å². The second kappa shape index (κ2) is 8.50. The van der Waals surface area contributed by atoms with Gasteiger partial charge in [-0.3, -0.25) is 4.79 Å². The Kier molecular flexibility index (Phi) is 6.74. The van der Waals surface area contributed by atoms with Crippen LogP contribution in [0.3, 0.4) is 0 Å². The van der Waals surface area contributed by atoms with E-state index < -0.39 is 32.1 Å². The van der Waals surface area contributed by atoms with E-state index in [1.165, 1.54) is 0 Å². The lowest BCUT2D eigenvalue weighted by Gasteiger charge is -2.31. The highest BCUT2D eigenvalue weighted by Gasteiger charge is 2.41. The quantitative estimate of drug-likeness (QED) is 0.618. The number of hydrogen-bond acceptors (Lipinski definition) is 4. The van der Waals surface area contributed by atoms with E-state index in [0.717, 1.165) is 10.5 Å². The smallest absolute Gasteiger partial charge is 0.416 e. The molecule has 1 heterocycles. The number of aliphatic hydroxyl groups excluding tert-OH is 1. The van der Waals surface area contributed by atoms with Crippen LogP contribution in [-0.4, -0.2) is 48.8 Å². The van der Waals surface area contributed by atoms with Crippen molar-refractivity contribution in [2.45, 2.75) is 64.4 Å². The van der Waals surface area contributed by atoms with Gasteiger partial charge >= 0.3 is 6.09 Å². The largest absolute Gasteiger partial charge is 0.447 e. The van der Waals surface area contributed by atoms with E-state index in [2.05, 4.69) is 45.3 Å². The van der Waals surface area contributed by atoms with Gasteiger partial charge in [0.15, 0.2) is 0 Å². The standard InChI is InChI=1S/C22H31NO4Si/c1-16(19(24)12-13-28(5,6)22(2,3)4)20(25)23-18(15-27-21(23)26)14-17-10-8-7-9-11-17/h7-11,16,18-19,24H,14-15H2,1-6H3/t16-,18-,19+/m1/s1. The van der Waals surface area contributed by atoms with Crippen LogP contribution in [0.2, 0.25) is 18.1 Å². The van der Waals surface area contributed by atoms with Crippen molar-refractivity contribution in [2.24, 2.45) is 5.92 Å². The molecule has 0 aromatic heterocycles. The summed E-state index contributed by atoms with van der Waals surface area (Å²) in [6.07, 6.45) is -1.24. The maximum Gasteiger partial charge on any atom is 0.416 e. The first-order valence-electron chi connectivity index (χ1n) is 9.68. The maximum atomic E-state index is 12.9. The summed E-state index contributed by atoms with van der Waals surface area (Å²) in [5, 5.41) is 10.6. The molecule has 2 rings (SSSR count). The van der Waals surface area contributed by atoms with Crippen LogP contribution >= 0.6 is 0 Å². The van der Waals surface area contributed by atoms with Gasteiger partial charge in [0, 0.05) is 0 Å². The van der Waals surface area contributed by atoms with E-state index in [1.807, 2.05) is 30.3 Å². The minimum absolute atomic E-state index is 0.0620. The van der Waals surface area contributed by atoms with Gasteiger partial charge in [-0.1, -0.05) is 77.0 Å². The predicted octanol–water partition coefficient (Wildman–Crippen LogP) is 3.62. The molecule has 1 fully saturated rings. The van der Waals surface area contributed by atoms with Crippen LogP contribution in [0.5, 0.6) is 0 Å². The molecule has 1 N–H and O–H groups in total. The first-order valence-corrected chi connectivity index (χ1v) is 12.7. The zero-order valence-electron chi connectivity index (χ0n) is 17.7. The van der Waals surface area contributed by atoms with E-state index >= 15 is 0 Å². The number of rotatable bonds is 4. The topological polar surface area (TPSA) is 66.8 Å². The second-order valence-corrected chi connectivity index (χ2v) is 14.0. The molecule has 1 saturated heterocycles. The highest BCUT2D eigenvalue weighted by Crippen LogP contribution is 2.35. The van der Waals surface area contributed by atoms with Gasteiger partial charge in [-0.05, 0) is 17.0 Å². The second-order valence-electron chi connectivity index (χ2n) is 9.01. The van der Waals surface area contributed by atoms with E-state index in [-0.39, 0.29) is 17.7 Å². The minimum atomic E-state index is -1.90. The molecule has 1 aromatic carbocycles. The molecule has 5 nitrogen and oxygen atoms in total. The Bertz CT molecular complexity index is 773. The molecule has 3 atom stereocenters. The lowest BCUT2D eigenvalue weighted by atomic mass is 10.0. The molecule has 1 aliphatic heterocycles. The van der Waals surface area contributed by atoms with Crippen molar-refractivity contribution >= 4 is 20.1 Å². The molecule has 0 bridgehead atoms. The van der Waals surface area contributed by atoms with Gasteiger partial charge < -0.3 is 9.84 Å². The van der Waals surface area contributed by atoms with Crippen LogP contribution in [0.4, 0.5) is 4.79 Å². The van der Waals surface area contributed by atoms with Crippen LogP contribution in [0.1, 0.15) is 33.3 Å². The van der Waals surface area contributed by atoms with Gasteiger partial charge in [0.25, 0.3) is 0 Å². The molecule has 0 aliphatic carbocycles. The number of aliphatic hydroxyl groups is 1. The Hall–Kier alpha value is -2.10. The molecule has 0 saturated carbocycles. The lowest BCUT2D eigenvalue weighted by Crippen LogP contribution is -2.45. The van der Waals surface area contributed by atoms with Gasteiger partial charge in [0.1, 0.15) is 20.8 Å². The third-order valence-corrected chi connectivity index (χ3v) is 10.3. The van der Waals surface area contributed by atoms with Gasteiger partial charge in [-0.25, -0.2) is 9.69 Å². The fourth-order valence-electron chi connectivity index (χ4n) is 2.69. The van der Waals surface area contributed by atoms with Crippen molar-refractivity contribution in [2.75, 3.05) is 6.61 Å². The Morgan fingerprint density at radius 3 is 2.50 bits per heavy atom. The summed E-state index contributed by atoms with van der Waals surface area (Å²) in [7, 11) is -1.90. The van der Waals surface area contributed by atoms with E-state index in [0.29, 0.717) is 6.42 Å². The molecular formula is C22H31NO4Si. The van der Waals surface area contributed by atoms with E-state index in [9.17, 15) is 14.7 Å². The minimum Gasteiger partial charge on any atom is -0.447 e. The fraction of sp³-hybridized carbons (Fsp3) is 0.545. The third kappa shape index (κ3) is 5.03. The van der Waals surface area contributed by atoms with Crippen molar-refractivity contribution in [3.63, 3.8) is 0 Å². The Morgan fingerprint density at radius 1 is 1.32 bits per heavy atom. The molecule has 0 unspecified atom stereocenters. The normalized spacial score (nSPS) is 19.5. The van der Waals surface area contributed by atoms with E-state index in [4.69, 9.17) is 4.74 Å². The highest BCUT2D eigenvalue weighted by atomic mass is 28.3.